The van der Waals surface area contributed by atoms with Crippen molar-refractivity contribution in [3.05, 3.63) is 35.4 Å². The fraction of sp³-hybridized carbons (Fsp3) is 0.650. The highest BCUT2D eigenvalue weighted by molar-refractivity contribution is 5.89. The molecule has 3 nitrogen and oxygen atoms in total. The number of likely N-dealkylation sites (tertiary alicyclic amines) is 1. The zero-order valence-electron chi connectivity index (χ0n) is 15.1. The summed E-state index contributed by atoms with van der Waals surface area (Å²) in [6.07, 6.45) is -1.95. The van der Waals surface area contributed by atoms with E-state index in [1.54, 1.807) is 4.90 Å². The number of amides is 1. The van der Waals surface area contributed by atoms with Crippen molar-refractivity contribution in [2.45, 2.75) is 69.1 Å². The van der Waals surface area contributed by atoms with E-state index in [-0.39, 0.29) is 31.8 Å². The van der Waals surface area contributed by atoms with Crippen LogP contribution in [0.3, 0.4) is 0 Å². The Labute approximate surface area is 152 Å². The van der Waals surface area contributed by atoms with Crippen LogP contribution in [0.4, 0.5) is 13.2 Å². The van der Waals surface area contributed by atoms with Crippen LogP contribution in [0.15, 0.2) is 24.3 Å². The van der Waals surface area contributed by atoms with Crippen LogP contribution in [0.5, 0.6) is 0 Å². The van der Waals surface area contributed by atoms with Gasteiger partial charge in [0, 0.05) is 19.5 Å². The second kappa shape index (κ2) is 6.87. The molecule has 1 heterocycles. The van der Waals surface area contributed by atoms with Gasteiger partial charge < -0.3 is 10.0 Å². The van der Waals surface area contributed by atoms with Crippen LogP contribution >= 0.6 is 0 Å². The largest absolute Gasteiger partial charge is 0.417 e. The van der Waals surface area contributed by atoms with Gasteiger partial charge >= 0.3 is 6.18 Å². The summed E-state index contributed by atoms with van der Waals surface area (Å²) >= 11 is 0. The van der Waals surface area contributed by atoms with Crippen LogP contribution in [0.1, 0.15) is 56.1 Å². The zero-order chi connectivity index (χ0) is 19.0. The lowest BCUT2D eigenvalue weighted by molar-refractivity contribution is -0.263. The van der Waals surface area contributed by atoms with Crippen LogP contribution in [-0.4, -0.2) is 40.8 Å². The van der Waals surface area contributed by atoms with E-state index >= 15 is 0 Å². The number of carbonyl (C=O) groups excluding carboxylic acids is 1. The third-order valence-corrected chi connectivity index (χ3v) is 6.16. The Bertz CT molecular complexity index is 667. The number of halogens is 3. The van der Waals surface area contributed by atoms with Crippen molar-refractivity contribution < 1.29 is 23.1 Å². The maximum Gasteiger partial charge on any atom is 0.417 e. The molecule has 0 radical (unpaired) electrons. The summed E-state index contributed by atoms with van der Waals surface area (Å²) in [5, 5.41) is 10.0. The number of aliphatic hydroxyl groups is 1. The minimum Gasteiger partial charge on any atom is -0.380 e. The van der Waals surface area contributed by atoms with Crippen molar-refractivity contribution in [3.8, 4) is 0 Å². The van der Waals surface area contributed by atoms with Gasteiger partial charge in [-0.1, -0.05) is 37.1 Å². The highest BCUT2D eigenvalue weighted by atomic mass is 19.4. The van der Waals surface area contributed by atoms with Crippen LogP contribution in [0.25, 0.3) is 0 Å². The number of benzene rings is 1. The van der Waals surface area contributed by atoms with Crippen molar-refractivity contribution >= 4 is 5.91 Å². The molecule has 1 atom stereocenters. The molecule has 1 saturated carbocycles. The molecule has 1 aromatic rings. The van der Waals surface area contributed by atoms with E-state index in [0.29, 0.717) is 0 Å². The predicted octanol–water partition coefficient (Wildman–Crippen LogP) is 4.11. The Balaban J connectivity index is 1.86. The van der Waals surface area contributed by atoms with Crippen LogP contribution in [0.2, 0.25) is 0 Å². The number of carbonyl (C=O) groups is 1. The first-order chi connectivity index (χ1) is 12.2. The minimum atomic E-state index is -4.66. The Morgan fingerprint density at radius 2 is 1.69 bits per heavy atom. The van der Waals surface area contributed by atoms with Crippen LogP contribution < -0.4 is 0 Å². The Hall–Kier alpha value is -1.56. The zero-order valence-corrected chi connectivity index (χ0v) is 15.1. The predicted molar refractivity (Wildman–Crippen MR) is 92.8 cm³/mol. The van der Waals surface area contributed by atoms with E-state index in [9.17, 15) is 23.1 Å². The molecule has 26 heavy (non-hydrogen) atoms. The molecule has 1 aliphatic carbocycles. The number of hydrogen-bond donors (Lipinski definition) is 1. The highest BCUT2D eigenvalue weighted by Gasteiger charge is 2.54. The van der Waals surface area contributed by atoms with Gasteiger partial charge in [0.2, 0.25) is 5.91 Å². The Kier molecular flexibility index (Phi) is 5.08. The first-order valence-corrected chi connectivity index (χ1v) is 9.34. The maximum atomic E-state index is 13.5. The van der Waals surface area contributed by atoms with Gasteiger partial charge in [0.15, 0.2) is 5.60 Å². The second-order valence-electron chi connectivity index (χ2n) is 7.78. The monoisotopic (exact) mass is 369 g/mol. The van der Waals surface area contributed by atoms with Crippen LogP contribution in [0, 0.1) is 6.92 Å². The molecule has 1 N–H and O–H groups in total. The summed E-state index contributed by atoms with van der Waals surface area (Å²) < 4.78 is 39.5. The van der Waals surface area contributed by atoms with Crippen molar-refractivity contribution in [3.63, 3.8) is 0 Å². The fourth-order valence-corrected chi connectivity index (χ4v) is 4.60. The average Bonchev–Trinajstić information content (AvgIpc) is 2.98. The molecular weight excluding hydrogens is 343 g/mol. The molecule has 1 aromatic carbocycles. The SMILES string of the molecule is Cc1ccccc1C1(C(=O)N2CCCC(O)(C(F)(F)F)CC2)CCCC1. The third-order valence-electron chi connectivity index (χ3n) is 6.16. The van der Waals surface area contributed by atoms with Gasteiger partial charge in [-0.2, -0.15) is 13.2 Å². The lowest BCUT2D eigenvalue weighted by Gasteiger charge is -2.36. The first kappa shape index (κ1) is 19.2. The molecular formula is C20H26F3NO2. The quantitative estimate of drug-likeness (QED) is 0.852. The van der Waals surface area contributed by atoms with Crippen LogP contribution in [-0.2, 0) is 10.2 Å². The Morgan fingerprint density at radius 1 is 1.04 bits per heavy atom. The van der Waals surface area contributed by atoms with Gasteiger partial charge in [0.05, 0.1) is 5.41 Å². The molecule has 1 unspecified atom stereocenters. The fourth-order valence-electron chi connectivity index (χ4n) is 4.60. The molecule has 1 saturated heterocycles. The summed E-state index contributed by atoms with van der Waals surface area (Å²) in [6, 6.07) is 7.80. The molecule has 2 fully saturated rings. The van der Waals surface area contributed by atoms with Crippen molar-refractivity contribution in [1.29, 1.82) is 0 Å². The van der Waals surface area contributed by atoms with E-state index < -0.39 is 23.6 Å². The second-order valence-corrected chi connectivity index (χ2v) is 7.78. The van der Waals surface area contributed by atoms with Gasteiger partial charge in [-0.05, 0) is 43.7 Å². The van der Waals surface area contributed by atoms with Crippen molar-refractivity contribution in [2.75, 3.05) is 13.1 Å². The van der Waals surface area contributed by atoms with Gasteiger partial charge in [-0.15, -0.1) is 0 Å². The van der Waals surface area contributed by atoms with Crippen molar-refractivity contribution in [1.82, 2.24) is 4.90 Å². The van der Waals surface area contributed by atoms with E-state index in [0.717, 1.165) is 36.8 Å². The summed E-state index contributed by atoms with van der Waals surface area (Å²) in [5.41, 5.74) is -1.28. The standard InChI is InChI=1S/C20H26F3NO2/c1-15-7-2-3-8-16(15)18(9-4-5-10-18)17(25)24-13-6-11-19(26,12-14-24)20(21,22)23/h2-3,7-8,26H,4-6,9-14H2,1H3. The molecule has 6 heteroatoms. The summed E-state index contributed by atoms with van der Waals surface area (Å²) in [4.78, 5) is 15.0. The molecule has 0 spiro atoms. The normalized spacial score (nSPS) is 26.6. The molecule has 2 aliphatic rings. The molecule has 3 rings (SSSR count). The highest BCUT2D eigenvalue weighted by Crippen LogP contribution is 2.45. The molecule has 144 valence electrons. The van der Waals surface area contributed by atoms with Gasteiger partial charge in [-0.25, -0.2) is 0 Å². The number of aryl methyl sites for hydroxylation is 1. The molecule has 1 amide bonds. The van der Waals surface area contributed by atoms with E-state index in [2.05, 4.69) is 0 Å². The lowest BCUT2D eigenvalue weighted by Crippen LogP contribution is -2.48. The van der Waals surface area contributed by atoms with Gasteiger partial charge in [-0.3, -0.25) is 4.79 Å². The van der Waals surface area contributed by atoms with E-state index in [1.165, 1.54) is 0 Å². The van der Waals surface area contributed by atoms with Gasteiger partial charge in [0.25, 0.3) is 0 Å². The summed E-state index contributed by atoms with van der Waals surface area (Å²) in [5.74, 6) is -0.0734. The molecule has 1 aliphatic heterocycles. The van der Waals surface area contributed by atoms with Gasteiger partial charge in [0.1, 0.15) is 0 Å². The first-order valence-electron chi connectivity index (χ1n) is 9.34. The number of alkyl halides is 3. The Morgan fingerprint density at radius 3 is 2.31 bits per heavy atom. The smallest absolute Gasteiger partial charge is 0.380 e. The number of nitrogens with zero attached hydrogens (tertiary/aromatic N) is 1. The maximum absolute atomic E-state index is 13.5. The third kappa shape index (κ3) is 3.24. The topological polar surface area (TPSA) is 40.5 Å². The van der Waals surface area contributed by atoms with Crippen molar-refractivity contribution in [2.24, 2.45) is 0 Å². The number of hydrogen-bond acceptors (Lipinski definition) is 2. The molecule has 0 bridgehead atoms. The average molecular weight is 369 g/mol. The molecule has 0 aromatic heterocycles. The van der Waals surface area contributed by atoms with E-state index in [4.69, 9.17) is 0 Å². The number of rotatable bonds is 2. The van der Waals surface area contributed by atoms with E-state index in [1.807, 2.05) is 31.2 Å². The summed E-state index contributed by atoms with van der Waals surface area (Å²) in [7, 11) is 0. The minimum absolute atomic E-state index is 0.0531. The lowest BCUT2D eigenvalue weighted by atomic mass is 9.75. The summed E-state index contributed by atoms with van der Waals surface area (Å²) in [6.45, 7) is 2.20.